The first kappa shape index (κ1) is 17.7. The Morgan fingerprint density at radius 1 is 0.963 bits per heavy atom. The van der Waals surface area contributed by atoms with Crippen molar-refractivity contribution in [3.8, 4) is 22.1 Å². The van der Waals surface area contributed by atoms with E-state index in [0.29, 0.717) is 23.4 Å². The summed E-state index contributed by atoms with van der Waals surface area (Å²) in [6, 6.07) is 11.8. The summed E-state index contributed by atoms with van der Waals surface area (Å²) in [6.07, 6.45) is 0.973. The molecule has 0 radical (unpaired) electrons. The van der Waals surface area contributed by atoms with Crippen LogP contribution in [0.5, 0.6) is 0 Å². The van der Waals surface area contributed by atoms with Crippen molar-refractivity contribution in [3.05, 3.63) is 59.1 Å². The van der Waals surface area contributed by atoms with Gasteiger partial charge in [-0.05, 0) is 23.4 Å². The summed E-state index contributed by atoms with van der Waals surface area (Å²) in [5.41, 5.74) is 2.11. The highest BCUT2D eigenvalue weighted by Gasteiger charge is 2.16. The zero-order valence-corrected chi connectivity index (χ0v) is 16.1. The van der Waals surface area contributed by atoms with Crippen molar-refractivity contribution in [3.63, 3.8) is 0 Å². The largest absolute Gasteiger partial charge is 0.338 e. The quantitative estimate of drug-likeness (QED) is 0.465. The third-order valence-electron chi connectivity index (χ3n) is 3.87. The van der Waals surface area contributed by atoms with Crippen LogP contribution in [-0.2, 0) is 28.7 Å². The summed E-state index contributed by atoms with van der Waals surface area (Å²) in [5.74, 6) is 1.92. The zero-order valence-electron chi connectivity index (χ0n) is 14.5. The van der Waals surface area contributed by atoms with Crippen LogP contribution < -0.4 is 0 Å². The Balaban J connectivity index is 1.39. The highest BCUT2D eigenvalue weighted by Crippen LogP contribution is 2.22. The second-order valence-electron chi connectivity index (χ2n) is 5.78. The minimum atomic E-state index is -1.29. The predicted octanol–water partition coefficient (Wildman–Crippen LogP) is 3.86. The van der Waals surface area contributed by atoms with Gasteiger partial charge in [0.15, 0.2) is 0 Å². The fourth-order valence-corrected chi connectivity index (χ4v) is 4.00. The van der Waals surface area contributed by atoms with E-state index < -0.39 is 10.8 Å². The number of benzene rings is 1. The molecule has 0 saturated carbocycles. The molecule has 138 valence electrons. The summed E-state index contributed by atoms with van der Waals surface area (Å²) in [7, 11) is -1.29. The van der Waals surface area contributed by atoms with Gasteiger partial charge in [0.25, 0.3) is 0 Å². The first-order valence-electron chi connectivity index (χ1n) is 8.34. The van der Waals surface area contributed by atoms with Gasteiger partial charge in [0.05, 0.1) is 4.88 Å². The van der Waals surface area contributed by atoms with Crippen molar-refractivity contribution in [2.24, 2.45) is 0 Å². The van der Waals surface area contributed by atoms with Crippen LogP contribution in [0.3, 0.4) is 0 Å². The molecule has 0 amide bonds. The van der Waals surface area contributed by atoms with E-state index in [1.54, 1.807) is 0 Å². The molecular weight excluding hydrogens is 384 g/mol. The predicted molar refractivity (Wildman–Crippen MR) is 102 cm³/mol. The molecular formula is C18H16N4O3S2. The summed E-state index contributed by atoms with van der Waals surface area (Å²) in [5, 5.41) is 9.82. The SMILES string of the molecule is CCc1ccc(-c2noc(CS(=O)Cc3nc(-c4cccs4)no3)n2)cc1. The van der Waals surface area contributed by atoms with E-state index in [2.05, 4.69) is 27.2 Å². The number of hydrogen-bond donors (Lipinski definition) is 0. The molecule has 9 heteroatoms. The van der Waals surface area contributed by atoms with Crippen LogP contribution >= 0.6 is 11.3 Å². The van der Waals surface area contributed by atoms with Crippen LogP contribution in [0.15, 0.2) is 50.8 Å². The fourth-order valence-electron chi connectivity index (χ4n) is 2.47. The Morgan fingerprint density at radius 3 is 2.26 bits per heavy atom. The molecule has 4 aromatic rings. The number of thiophene rings is 1. The first-order valence-corrected chi connectivity index (χ1v) is 10.7. The van der Waals surface area contributed by atoms with Gasteiger partial charge in [0.2, 0.25) is 23.4 Å². The van der Waals surface area contributed by atoms with Crippen LogP contribution in [0.4, 0.5) is 0 Å². The van der Waals surface area contributed by atoms with E-state index in [1.165, 1.54) is 16.9 Å². The van der Waals surface area contributed by atoms with Gasteiger partial charge in [-0.2, -0.15) is 9.97 Å². The van der Waals surface area contributed by atoms with Gasteiger partial charge in [-0.3, -0.25) is 4.21 Å². The molecule has 0 N–H and O–H groups in total. The zero-order chi connectivity index (χ0) is 18.6. The molecule has 0 aliphatic carbocycles. The lowest BCUT2D eigenvalue weighted by atomic mass is 10.1. The van der Waals surface area contributed by atoms with E-state index in [4.69, 9.17) is 9.05 Å². The maximum atomic E-state index is 12.4. The van der Waals surface area contributed by atoms with Gasteiger partial charge in [-0.1, -0.05) is 47.6 Å². The van der Waals surface area contributed by atoms with E-state index in [-0.39, 0.29) is 11.5 Å². The lowest BCUT2D eigenvalue weighted by molar-refractivity contribution is 0.387. The van der Waals surface area contributed by atoms with Crippen LogP contribution in [0, 0.1) is 0 Å². The van der Waals surface area contributed by atoms with E-state index in [9.17, 15) is 4.21 Å². The minimum absolute atomic E-state index is 0.136. The Bertz CT molecular complexity index is 1040. The smallest absolute Gasteiger partial charge is 0.239 e. The number of aromatic nitrogens is 4. The normalized spacial score (nSPS) is 12.3. The van der Waals surface area contributed by atoms with E-state index in [1.807, 2.05) is 41.8 Å². The maximum Gasteiger partial charge on any atom is 0.239 e. The molecule has 27 heavy (non-hydrogen) atoms. The van der Waals surface area contributed by atoms with Gasteiger partial charge in [0.1, 0.15) is 11.5 Å². The second-order valence-corrected chi connectivity index (χ2v) is 8.18. The third kappa shape index (κ3) is 4.20. The van der Waals surface area contributed by atoms with Crippen molar-refractivity contribution in [2.45, 2.75) is 24.9 Å². The fraction of sp³-hybridized carbons (Fsp3) is 0.222. The molecule has 1 atom stereocenters. The molecule has 0 aliphatic heterocycles. The molecule has 3 aromatic heterocycles. The highest BCUT2D eigenvalue weighted by molar-refractivity contribution is 7.83. The summed E-state index contributed by atoms with van der Waals surface area (Å²) < 4.78 is 22.8. The van der Waals surface area contributed by atoms with Crippen molar-refractivity contribution in [1.29, 1.82) is 0 Å². The second kappa shape index (κ2) is 7.93. The Morgan fingerprint density at radius 2 is 1.63 bits per heavy atom. The average Bonchev–Trinajstić information content (AvgIpc) is 3.43. The average molecular weight is 400 g/mol. The van der Waals surface area contributed by atoms with Gasteiger partial charge in [-0.15, -0.1) is 11.3 Å². The molecule has 1 unspecified atom stereocenters. The number of hydrogen-bond acceptors (Lipinski definition) is 8. The van der Waals surface area contributed by atoms with E-state index in [0.717, 1.165) is 16.9 Å². The lowest BCUT2D eigenvalue weighted by Gasteiger charge is -1.97. The molecule has 4 rings (SSSR count). The van der Waals surface area contributed by atoms with Crippen molar-refractivity contribution < 1.29 is 13.3 Å². The summed E-state index contributed by atoms with van der Waals surface area (Å²) in [4.78, 5) is 9.51. The van der Waals surface area contributed by atoms with Gasteiger partial charge in [-0.25, -0.2) is 0 Å². The van der Waals surface area contributed by atoms with E-state index >= 15 is 0 Å². The highest BCUT2D eigenvalue weighted by atomic mass is 32.2. The van der Waals surface area contributed by atoms with Crippen LogP contribution in [0.25, 0.3) is 22.1 Å². The van der Waals surface area contributed by atoms with Gasteiger partial charge in [0, 0.05) is 16.4 Å². The van der Waals surface area contributed by atoms with Crippen LogP contribution in [0.2, 0.25) is 0 Å². The molecule has 0 fully saturated rings. The maximum absolute atomic E-state index is 12.4. The van der Waals surface area contributed by atoms with Crippen molar-refractivity contribution in [2.75, 3.05) is 0 Å². The van der Waals surface area contributed by atoms with Crippen molar-refractivity contribution >= 4 is 22.1 Å². The summed E-state index contributed by atoms with van der Waals surface area (Å²) in [6.45, 7) is 2.10. The molecule has 0 aliphatic rings. The Labute approximate surface area is 161 Å². The summed E-state index contributed by atoms with van der Waals surface area (Å²) >= 11 is 1.52. The van der Waals surface area contributed by atoms with Gasteiger partial charge < -0.3 is 9.05 Å². The number of aryl methyl sites for hydroxylation is 1. The molecule has 7 nitrogen and oxygen atoms in total. The Hall–Kier alpha value is -2.65. The van der Waals surface area contributed by atoms with Gasteiger partial charge >= 0.3 is 0 Å². The number of nitrogens with zero attached hydrogens (tertiary/aromatic N) is 4. The van der Waals surface area contributed by atoms with Crippen molar-refractivity contribution in [1.82, 2.24) is 20.3 Å². The first-order chi connectivity index (χ1) is 13.2. The molecule has 0 bridgehead atoms. The molecule has 0 spiro atoms. The number of rotatable bonds is 7. The van der Waals surface area contributed by atoms with Crippen LogP contribution in [-0.4, -0.2) is 24.5 Å². The molecule has 3 heterocycles. The molecule has 0 saturated heterocycles. The standard InChI is InChI=1S/C18H16N4O3S2/c1-2-12-5-7-13(8-6-12)17-19-15(24-21-17)10-27(23)11-16-20-18(22-25-16)14-4-3-9-26-14/h3-9H,2,10-11H2,1H3. The third-order valence-corrected chi connectivity index (χ3v) is 5.87. The Kier molecular flexibility index (Phi) is 5.21. The molecule has 1 aromatic carbocycles. The minimum Gasteiger partial charge on any atom is -0.338 e. The topological polar surface area (TPSA) is 94.9 Å². The lowest BCUT2D eigenvalue weighted by Crippen LogP contribution is -2.00. The monoisotopic (exact) mass is 400 g/mol. The van der Waals surface area contributed by atoms with Crippen LogP contribution in [0.1, 0.15) is 24.3 Å².